The van der Waals surface area contributed by atoms with Gasteiger partial charge in [0.15, 0.2) is 0 Å². The minimum atomic E-state index is -0.260. The Hall–Kier alpha value is -2.56. The van der Waals surface area contributed by atoms with Gasteiger partial charge in [-0.05, 0) is 32.0 Å². The first-order valence-electron chi connectivity index (χ1n) is 5.80. The summed E-state index contributed by atoms with van der Waals surface area (Å²) in [5.41, 5.74) is 7.31. The Morgan fingerprint density at radius 3 is 2.53 bits per heavy atom. The third-order valence-electron chi connectivity index (χ3n) is 2.64. The van der Waals surface area contributed by atoms with Gasteiger partial charge in [-0.2, -0.15) is 0 Å². The first-order chi connectivity index (χ1) is 9.08. The topological polar surface area (TPSA) is 67.2 Å². The van der Waals surface area contributed by atoms with Gasteiger partial charge in [-0.15, -0.1) is 0 Å². The van der Waals surface area contributed by atoms with E-state index in [0.717, 1.165) is 5.56 Å². The zero-order valence-electron chi connectivity index (χ0n) is 10.9. The second-order valence-corrected chi connectivity index (χ2v) is 4.12. The van der Waals surface area contributed by atoms with Crippen molar-refractivity contribution in [3.63, 3.8) is 0 Å². The van der Waals surface area contributed by atoms with Gasteiger partial charge >= 0.3 is 0 Å². The number of pyridine rings is 1. The molecule has 2 N–H and O–H groups in total. The number of carbonyl (C=O) groups is 1. The average Bonchev–Trinajstić information content (AvgIpc) is 2.75. The van der Waals surface area contributed by atoms with Crippen LogP contribution in [0.25, 0.3) is 5.70 Å². The first kappa shape index (κ1) is 12.9. The van der Waals surface area contributed by atoms with Crippen molar-refractivity contribution in [1.29, 1.82) is 0 Å². The van der Waals surface area contributed by atoms with Crippen LogP contribution < -0.4 is 10.9 Å². The molecule has 0 aliphatic heterocycles. The van der Waals surface area contributed by atoms with E-state index < -0.39 is 0 Å². The van der Waals surface area contributed by atoms with Crippen molar-refractivity contribution >= 4 is 11.6 Å². The molecule has 0 radical (unpaired) electrons. The highest BCUT2D eigenvalue weighted by Crippen LogP contribution is 2.13. The minimum absolute atomic E-state index is 0.260. The van der Waals surface area contributed by atoms with Crippen molar-refractivity contribution in [3.05, 3.63) is 59.8 Å². The van der Waals surface area contributed by atoms with Crippen LogP contribution in [0.15, 0.2) is 41.6 Å². The summed E-state index contributed by atoms with van der Waals surface area (Å²) < 4.78 is 5.31. The van der Waals surface area contributed by atoms with E-state index in [1.54, 1.807) is 44.4 Å². The summed E-state index contributed by atoms with van der Waals surface area (Å²) in [5, 5.41) is 0. The molecule has 0 fully saturated rings. The maximum absolute atomic E-state index is 11.9. The SMILES string of the molecule is C=C(NNC(=O)c1cc(C)oc1C)c1ccncc1. The number of carbonyl (C=O) groups excluding carboxylic acids is 1. The highest BCUT2D eigenvalue weighted by molar-refractivity contribution is 5.95. The van der Waals surface area contributed by atoms with Crippen molar-refractivity contribution in [2.75, 3.05) is 0 Å². The number of furan rings is 1. The summed E-state index contributed by atoms with van der Waals surface area (Å²) in [6.45, 7) is 7.39. The number of hydrogen-bond donors (Lipinski definition) is 2. The number of hydrazine groups is 1. The molecule has 5 nitrogen and oxygen atoms in total. The van der Waals surface area contributed by atoms with Gasteiger partial charge in [0, 0.05) is 18.0 Å². The van der Waals surface area contributed by atoms with E-state index in [4.69, 9.17) is 4.42 Å². The molecule has 0 unspecified atom stereocenters. The summed E-state index contributed by atoms with van der Waals surface area (Å²) in [4.78, 5) is 15.8. The summed E-state index contributed by atoms with van der Waals surface area (Å²) >= 11 is 0. The van der Waals surface area contributed by atoms with Crippen LogP contribution in [-0.2, 0) is 0 Å². The van der Waals surface area contributed by atoms with Gasteiger partial charge in [0.25, 0.3) is 5.91 Å². The fourth-order valence-electron chi connectivity index (χ4n) is 1.68. The molecule has 98 valence electrons. The van der Waals surface area contributed by atoms with Gasteiger partial charge in [0.05, 0.1) is 11.3 Å². The minimum Gasteiger partial charge on any atom is -0.466 e. The zero-order chi connectivity index (χ0) is 13.8. The molecule has 0 aromatic carbocycles. The van der Waals surface area contributed by atoms with Crippen molar-refractivity contribution in [2.24, 2.45) is 0 Å². The molecule has 0 atom stereocenters. The molecule has 19 heavy (non-hydrogen) atoms. The number of aryl methyl sites for hydroxylation is 2. The van der Waals surface area contributed by atoms with Crippen LogP contribution in [-0.4, -0.2) is 10.9 Å². The van der Waals surface area contributed by atoms with Crippen LogP contribution in [0.1, 0.15) is 27.4 Å². The number of nitrogens with one attached hydrogen (secondary N) is 2. The Morgan fingerprint density at radius 2 is 1.95 bits per heavy atom. The predicted octanol–water partition coefficient (Wildman–Crippen LogP) is 2.20. The lowest BCUT2D eigenvalue weighted by Gasteiger charge is -2.10. The van der Waals surface area contributed by atoms with Gasteiger partial charge < -0.3 is 4.42 Å². The van der Waals surface area contributed by atoms with Crippen LogP contribution in [0.4, 0.5) is 0 Å². The molecule has 0 saturated carbocycles. The number of rotatable bonds is 4. The average molecular weight is 257 g/mol. The molecule has 5 heteroatoms. The highest BCUT2D eigenvalue weighted by Gasteiger charge is 2.13. The molecule has 0 saturated heterocycles. The lowest BCUT2D eigenvalue weighted by Crippen LogP contribution is -2.35. The highest BCUT2D eigenvalue weighted by atomic mass is 16.3. The maximum Gasteiger partial charge on any atom is 0.273 e. The zero-order valence-corrected chi connectivity index (χ0v) is 10.9. The molecule has 0 spiro atoms. The molecule has 1 amide bonds. The Balaban J connectivity index is 1.98. The van der Waals surface area contributed by atoms with Gasteiger partial charge in [0.1, 0.15) is 11.5 Å². The van der Waals surface area contributed by atoms with Gasteiger partial charge in [0.2, 0.25) is 0 Å². The Morgan fingerprint density at radius 1 is 1.26 bits per heavy atom. The van der Waals surface area contributed by atoms with Gasteiger partial charge in [-0.25, -0.2) is 0 Å². The molecule has 0 bridgehead atoms. The third kappa shape index (κ3) is 3.01. The second-order valence-electron chi connectivity index (χ2n) is 4.12. The van der Waals surface area contributed by atoms with E-state index in [2.05, 4.69) is 22.4 Å². The van der Waals surface area contributed by atoms with E-state index in [9.17, 15) is 4.79 Å². The normalized spacial score (nSPS) is 10.0. The van der Waals surface area contributed by atoms with Gasteiger partial charge in [-0.1, -0.05) is 6.58 Å². The standard InChI is InChI=1S/C14H15N3O2/c1-9-8-13(11(3)19-9)14(18)17-16-10(2)12-4-6-15-7-5-12/h4-8,16H,2H2,1,3H3,(H,17,18). The Labute approximate surface area is 111 Å². The molecule has 0 aliphatic rings. The van der Waals surface area contributed by atoms with E-state index in [-0.39, 0.29) is 5.91 Å². The lowest BCUT2D eigenvalue weighted by atomic mass is 10.2. The van der Waals surface area contributed by atoms with Crippen LogP contribution in [0.3, 0.4) is 0 Å². The van der Waals surface area contributed by atoms with Crippen molar-refractivity contribution in [2.45, 2.75) is 13.8 Å². The van der Waals surface area contributed by atoms with Crippen molar-refractivity contribution < 1.29 is 9.21 Å². The van der Waals surface area contributed by atoms with Crippen LogP contribution in [0.2, 0.25) is 0 Å². The molecular weight excluding hydrogens is 242 g/mol. The molecular formula is C14H15N3O2. The number of nitrogens with zero attached hydrogens (tertiary/aromatic N) is 1. The van der Waals surface area contributed by atoms with E-state index >= 15 is 0 Å². The number of aromatic nitrogens is 1. The Bertz CT molecular complexity index is 602. The fraction of sp³-hybridized carbons (Fsp3) is 0.143. The summed E-state index contributed by atoms with van der Waals surface area (Å²) in [6.07, 6.45) is 3.32. The second kappa shape index (κ2) is 5.39. The predicted molar refractivity (Wildman–Crippen MR) is 72.1 cm³/mol. The number of amides is 1. The largest absolute Gasteiger partial charge is 0.466 e. The maximum atomic E-state index is 11.9. The molecule has 2 rings (SSSR count). The molecule has 2 heterocycles. The van der Waals surface area contributed by atoms with Crippen molar-refractivity contribution in [3.8, 4) is 0 Å². The van der Waals surface area contributed by atoms with Crippen LogP contribution in [0.5, 0.6) is 0 Å². The van der Waals surface area contributed by atoms with E-state index in [0.29, 0.717) is 22.8 Å². The van der Waals surface area contributed by atoms with Crippen molar-refractivity contribution in [1.82, 2.24) is 15.8 Å². The third-order valence-corrected chi connectivity index (χ3v) is 2.64. The first-order valence-corrected chi connectivity index (χ1v) is 5.80. The quantitative estimate of drug-likeness (QED) is 0.824. The molecule has 2 aromatic rings. The summed E-state index contributed by atoms with van der Waals surface area (Å²) in [5.74, 6) is 1.03. The fourth-order valence-corrected chi connectivity index (χ4v) is 1.68. The summed E-state index contributed by atoms with van der Waals surface area (Å²) in [7, 11) is 0. The van der Waals surface area contributed by atoms with E-state index in [1.165, 1.54) is 0 Å². The van der Waals surface area contributed by atoms with Gasteiger partial charge in [-0.3, -0.25) is 20.6 Å². The monoisotopic (exact) mass is 257 g/mol. The lowest BCUT2D eigenvalue weighted by molar-refractivity contribution is 0.0941. The molecule has 0 aliphatic carbocycles. The van der Waals surface area contributed by atoms with Crippen LogP contribution >= 0.6 is 0 Å². The molecule has 2 aromatic heterocycles. The van der Waals surface area contributed by atoms with Crippen LogP contribution in [0, 0.1) is 13.8 Å². The Kier molecular flexibility index (Phi) is 3.66. The number of hydrogen-bond acceptors (Lipinski definition) is 4. The summed E-state index contributed by atoms with van der Waals surface area (Å²) in [6, 6.07) is 5.30. The smallest absolute Gasteiger partial charge is 0.273 e. The van der Waals surface area contributed by atoms with E-state index in [1.807, 2.05) is 0 Å².